The lowest BCUT2D eigenvalue weighted by Crippen LogP contribution is -2.04. The SMILES string of the molecule is C[C](CO)c1cc(Br)cc(OC(F)F)c1. The lowest BCUT2D eigenvalue weighted by Gasteiger charge is -2.11. The molecule has 1 aromatic rings. The van der Waals surface area contributed by atoms with E-state index in [9.17, 15) is 8.78 Å². The van der Waals surface area contributed by atoms with Gasteiger partial charge in [0.15, 0.2) is 0 Å². The van der Waals surface area contributed by atoms with Crippen molar-refractivity contribution in [1.82, 2.24) is 0 Å². The Morgan fingerprint density at radius 3 is 2.67 bits per heavy atom. The molecule has 0 spiro atoms. The van der Waals surface area contributed by atoms with Crippen LogP contribution in [0.2, 0.25) is 0 Å². The Kier molecular flexibility index (Phi) is 4.47. The molecule has 0 saturated carbocycles. The van der Waals surface area contributed by atoms with Crippen molar-refractivity contribution in [1.29, 1.82) is 0 Å². The number of benzene rings is 1. The molecule has 15 heavy (non-hydrogen) atoms. The number of hydrogen-bond donors (Lipinski definition) is 1. The maximum atomic E-state index is 12.0. The van der Waals surface area contributed by atoms with E-state index in [0.717, 1.165) is 0 Å². The molecule has 0 unspecified atom stereocenters. The maximum absolute atomic E-state index is 12.0. The first-order valence-electron chi connectivity index (χ1n) is 4.22. The Labute approximate surface area is 95.0 Å². The standard InChI is InChI=1S/C10H10BrF2O2/c1-6(5-14)7-2-8(11)4-9(3-7)15-10(12)13/h2-4,10,14H,5H2,1H3. The van der Waals surface area contributed by atoms with Crippen LogP contribution in [0.4, 0.5) is 8.78 Å². The van der Waals surface area contributed by atoms with Crippen molar-refractivity contribution >= 4 is 15.9 Å². The van der Waals surface area contributed by atoms with Crippen LogP contribution >= 0.6 is 15.9 Å². The predicted octanol–water partition coefficient (Wildman–Crippen LogP) is 2.99. The fraction of sp³-hybridized carbons (Fsp3) is 0.300. The van der Waals surface area contributed by atoms with Gasteiger partial charge in [-0.1, -0.05) is 22.9 Å². The first-order chi connectivity index (χ1) is 7.02. The molecule has 0 aromatic heterocycles. The van der Waals surface area contributed by atoms with Crippen molar-refractivity contribution in [2.75, 3.05) is 6.61 Å². The lowest BCUT2D eigenvalue weighted by molar-refractivity contribution is -0.0499. The highest BCUT2D eigenvalue weighted by Crippen LogP contribution is 2.26. The van der Waals surface area contributed by atoms with Crippen LogP contribution in [-0.4, -0.2) is 18.3 Å². The van der Waals surface area contributed by atoms with Crippen LogP contribution in [0.1, 0.15) is 12.5 Å². The molecule has 2 nitrogen and oxygen atoms in total. The van der Waals surface area contributed by atoms with E-state index >= 15 is 0 Å². The summed E-state index contributed by atoms with van der Waals surface area (Å²) in [6.45, 7) is -1.25. The van der Waals surface area contributed by atoms with Crippen molar-refractivity contribution in [3.05, 3.63) is 34.2 Å². The summed E-state index contributed by atoms with van der Waals surface area (Å²) in [6, 6.07) is 4.63. The molecule has 0 atom stereocenters. The normalized spacial score (nSPS) is 11.1. The summed E-state index contributed by atoms with van der Waals surface area (Å²) in [4.78, 5) is 0. The number of halogens is 3. The number of aliphatic hydroxyl groups excluding tert-OH is 1. The number of aliphatic hydroxyl groups is 1. The third-order valence-electron chi connectivity index (χ3n) is 1.83. The highest BCUT2D eigenvalue weighted by molar-refractivity contribution is 9.10. The molecule has 5 heteroatoms. The number of rotatable bonds is 4. The van der Waals surface area contributed by atoms with Gasteiger partial charge in [0, 0.05) is 10.4 Å². The van der Waals surface area contributed by atoms with Gasteiger partial charge in [-0.15, -0.1) is 0 Å². The van der Waals surface area contributed by atoms with E-state index in [4.69, 9.17) is 5.11 Å². The van der Waals surface area contributed by atoms with Crippen LogP contribution in [0.25, 0.3) is 0 Å². The fourth-order valence-corrected chi connectivity index (χ4v) is 1.54. The summed E-state index contributed by atoms with van der Waals surface area (Å²) in [5, 5.41) is 8.91. The average Bonchev–Trinajstić information content (AvgIpc) is 2.14. The van der Waals surface area contributed by atoms with Crippen molar-refractivity contribution in [3.8, 4) is 5.75 Å². The van der Waals surface area contributed by atoms with Crippen LogP contribution < -0.4 is 4.74 Å². The summed E-state index contributed by atoms with van der Waals surface area (Å²) in [5.74, 6) is 0.762. The molecule has 0 fully saturated rings. The van der Waals surface area contributed by atoms with E-state index in [1.54, 1.807) is 13.0 Å². The monoisotopic (exact) mass is 279 g/mol. The molecule has 1 N–H and O–H groups in total. The molecule has 1 rings (SSSR count). The Bertz CT molecular complexity index is 331. The molecule has 0 aliphatic heterocycles. The quantitative estimate of drug-likeness (QED) is 0.918. The van der Waals surface area contributed by atoms with Crippen LogP contribution in [0.3, 0.4) is 0 Å². The van der Waals surface area contributed by atoms with Crippen molar-refractivity contribution in [2.45, 2.75) is 13.5 Å². The van der Waals surface area contributed by atoms with Crippen molar-refractivity contribution < 1.29 is 18.6 Å². The minimum atomic E-state index is -2.85. The lowest BCUT2D eigenvalue weighted by atomic mass is 10.0. The van der Waals surface area contributed by atoms with E-state index in [1.807, 2.05) is 0 Å². The second kappa shape index (κ2) is 5.42. The molecule has 83 valence electrons. The molecule has 0 aliphatic rings. The van der Waals surface area contributed by atoms with Gasteiger partial charge in [-0.05, 0) is 23.8 Å². The molecule has 0 amide bonds. The molecular weight excluding hydrogens is 270 g/mol. The van der Waals surface area contributed by atoms with Gasteiger partial charge < -0.3 is 9.84 Å². The molecule has 0 saturated heterocycles. The second-order valence-corrected chi connectivity index (χ2v) is 3.91. The zero-order chi connectivity index (χ0) is 11.4. The Morgan fingerprint density at radius 2 is 2.13 bits per heavy atom. The van der Waals surface area contributed by atoms with Gasteiger partial charge in [0.1, 0.15) is 5.75 Å². The van der Waals surface area contributed by atoms with E-state index in [0.29, 0.717) is 16.0 Å². The van der Waals surface area contributed by atoms with Gasteiger partial charge in [0.05, 0.1) is 6.61 Å². The Hall–Kier alpha value is -0.680. The fourth-order valence-electron chi connectivity index (χ4n) is 1.07. The van der Waals surface area contributed by atoms with E-state index in [2.05, 4.69) is 20.7 Å². The molecular formula is C10H10BrF2O2. The largest absolute Gasteiger partial charge is 0.435 e. The predicted molar refractivity (Wildman–Crippen MR) is 55.9 cm³/mol. The first kappa shape index (κ1) is 12.4. The average molecular weight is 280 g/mol. The first-order valence-corrected chi connectivity index (χ1v) is 5.01. The summed E-state index contributed by atoms with van der Waals surface area (Å²) in [7, 11) is 0. The summed E-state index contributed by atoms with van der Waals surface area (Å²) in [5.41, 5.74) is 0.669. The van der Waals surface area contributed by atoms with Gasteiger partial charge in [0.25, 0.3) is 0 Å². The topological polar surface area (TPSA) is 29.5 Å². The smallest absolute Gasteiger partial charge is 0.387 e. The third kappa shape index (κ3) is 3.76. The van der Waals surface area contributed by atoms with E-state index in [1.165, 1.54) is 12.1 Å². The zero-order valence-corrected chi connectivity index (χ0v) is 9.59. The summed E-state index contributed by atoms with van der Waals surface area (Å²) >= 11 is 3.18. The van der Waals surface area contributed by atoms with Gasteiger partial charge in [-0.25, -0.2) is 0 Å². The van der Waals surface area contributed by atoms with Crippen LogP contribution in [0.15, 0.2) is 22.7 Å². The number of alkyl halides is 2. The van der Waals surface area contributed by atoms with Crippen LogP contribution in [0, 0.1) is 5.92 Å². The van der Waals surface area contributed by atoms with Crippen molar-refractivity contribution in [3.63, 3.8) is 0 Å². The molecule has 0 aliphatic carbocycles. The minimum Gasteiger partial charge on any atom is -0.435 e. The highest BCUT2D eigenvalue weighted by Gasteiger charge is 2.10. The number of hydrogen-bond acceptors (Lipinski definition) is 2. The van der Waals surface area contributed by atoms with Crippen LogP contribution in [-0.2, 0) is 0 Å². The Balaban J connectivity index is 2.94. The highest BCUT2D eigenvalue weighted by atomic mass is 79.9. The molecule has 0 bridgehead atoms. The van der Waals surface area contributed by atoms with Crippen molar-refractivity contribution in [2.24, 2.45) is 0 Å². The van der Waals surface area contributed by atoms with Gasteiger partial charge in [-0.2, -0.15) is 8.78 Å². The second-order valence-electron chi connectivity index (χ2n) is 2.99. The number of ether oxygens (including phenoxy) is 1. The Morgan fingerprint density at radius 1 is 1.47 bits per heavy atom. The third-order valence-corrected chi connectivity index (χ3v) is 2.28. The summed E-state index contributed by atoms with van der Waals surface area (Å²) < 4.78 is 28.8. The minimum absolute atomic E-state index is 0.0715. The van der Waals surface area contributed by atoms with E-state index < -0.39 is 6.61 Å². The molecule has 1 radical (unpaired) electrons. The summed E-state index contributed by atoms with van der Waals surface area (Å²) in [6.07, 6.45) is 0. The van der Waals surface area contributed by atoms with Gasteiger partial charge in [-0.3, -0.25) is 0 Å². The van der Waals surface area contributed by atoms with Gasteiger partial charge >= 0.3 is 6.61 Å². The molecule has 0 heterocycles. The molecule has 1 aromatic carbocycles. The van der Waals surface area contributed by atoms with E-state index in [-0.39, 0.29) is 12.4 Å². The zero-order valence-electron chi connectivity index (χ0n) is 8.01. The maximum Gasteiger partial charge on any atom is 0.387 e. The van der Waals surface area contributed by atoms with Crippen LogP contribution in [0.5, 0.6) is 5.75 Å². The van der Waals surface area contributed by atoms with Gasteiger partial charge in [0.2, 0.25) is 0 Å².